The van der Waals surface area contributed by atoms with Gasteiger partial charge in [-0.15, -0.1) is 0 Å². The molecule has 0 bridgehead atoms. The smallest absolute Gasteiger partial charge is 0.00201 e. The normalized spacial score (nSPS) is 25.9. The molecule has 6 rings (SSSR count). The molecule has 0 saturated heterocycles. The monoisotopic (exact) mass is 560 g/mol. The van der Waals surface area contributed by atoms with Crippen LogP contribution in [-0.4, -0.2) is 0 Å². The van der Waals surface area contributed by atoms with Crippen LogP contribution in [0.1, 0.15) is 148 Å². The Kier molecular flexibility index (Phi) is 9.28. The van der Waals surface area contributed by atoms with Gasteiger partial charge in [0.2, 0.25) is 0 Å². The summed E-state index contributed by atoms with van der Waals surface area (Å²) in [5, 5.41) is 0. The lowest BCUT2D eigenvalue weighted by molar-refractivity contribution is 0.165. The first-order valence-electron chi connectivity index (χ1n) is 17.7. The maximum atomic E-state index is 2.59. The molecule has 0 atom stereocenters. The van der Waals surface area contributed by atoms with Crippen molar-refractivity contribution in [2.45, 2.75) is 135 Å². The summed E-state index contributed by atoms with van der Waals surface area (Å²) in [6.07, 6.45) is 20.3. The number of rotatable bonds is 8. The third kappa shape index (κ3) is 6.59. The molecule has 0 aromatic heterocycles. The molecule has 3 saturated carbocycles. The van der Waals surface area contributed by atoms with Crippen LogP contribution >= 0.6 is 0 Å². The summed E-state index contributed by atoms with van der Waals surface area (Å²) < 4.78 is 0. The first kappa shape index (κ1) is 29.7. The summed E-state index contributed by atoms with van der Waals surface area (Å²) in [5.74, 6) is 3.77. The average molecular weight is 561 g/mol. The van der Waals surface area contributed by atoms with Crippen molar-refractivity contribution < 1.29 is 0 Å². The van der Waals surface area contributed by atoms with E-state index in [1.165, 1.54) is 105 Å². The van der Waals surface area contributed by atoms with Gasteiger partial charge in [-0.05, 0) is 151 Å². The molecule has 3 aliphatic carbocycles. The van der Waals surface area contributed by atoms with Gasteiger partial charge in [0.15, 0.2) is 0 Å². The van der Waals surface area contributed by atoms with Crippen molar-refractivity contribution in [2.75, 3.05) is 0 Å². The van der Waals surface area contributed by atoms with Crippen LogP contribution in [0.3, 0.4) is 0 Å². The maximum Gasteiger partial charge on any atom is -0.00201 e. The fraction of sp³-hybridized carbons (Fsp3) is 0.571. The van der Waals surface area contributed by atoms with E-state index in [4.69, 9.17) is 0 Å². The van der Waals surface area contributed by atoms with Crippen molar-refractivity contribution >= 4 is 0 Å². The topological polar surface area (TPSA) is 0 Å². The van der Waals surface area contributed by atoms with Gasteiger partial charge in [-0.25, -0.2) is 0 Å². The third-order valence-corrected chi connectivity index (χ3v) is 12.1. The SMILES string of the molecule is CCc1cc(C2CCC(C3CCC(C)CC3)CC2)ccc1Cc1ccc(C)c(Cc2ccccc2C2(C)CCCC2)c1. The molecule has 224 valence electrons. The fourth-order valence-corrected chi connectivity index (χ4v) is 9.22. The quantitative estimate of drug-likeness (QED) is 0.257. The Morgan fingerprint density at radius 3 is 2.07 bits per heavy atom. The Morgan fingerprint density at radius 2 is 1.36 bits per heavy atom. The molecule has 0 heterocycles. The largest absolute Gasteiger partial charge is 0.0625 e. The van der Waals surface area contributed by atoms with Crippen molar-refractivity contribution in [3.05, 3.63) is 105 Å². The van der Waals surface area contributed by atoms with E-state index in [1.807, 2.05) is 0 Å². The first-order valence-corrected chi connectivity index (χ1v) is 17.7. The number of benzene rings is 3. The van der Waals surface area contributed by atoms with Crippen molar-refractivity contribution in [3.63, 3.8) is 0 Å². The Hall–Kier alpha value is -2.34. The molecule has 3 aromatic carbocycles. The van der Waals surface area contributed by atoms with Crippen LogP contribution in [0, 0.1) is 24.7 Å². The maximum absolute atomic E-state index is 2.59. The number of hydrogen-bond donors (Lipinski definition) is 0. The molecule has 3 aliphatic rings. The predicted octanol–water partition coefficient (Wildman–Crippen LogP) is 11.7. The third-order valence-electron chi connectivity index (χ3n) is 12.1. The minimum atomic E-state index is 0.355. The molecule has 0 N–H and O–H groups in total. The highest BCUT2D eigenvalue weighted by Gasteiger charge is 2.32. The van der Waals surface area contributed by atoms with Crippen molar-refractivity contribution in [2.24, 2.45) is 17.8 Å². The van der Waals surface area contributed by atoms with E-state index in [1.54, 1.807) is 16.7 Å². The molecule has 42 heavy (non-hydrogen) atoms. The van der Waals surface area contributed by atoms with Crippen molar-refractivity contribution in [1.82, 2.24) is 0 Å². The minimum absolute atomic E-state index is 0.355. The summed E-state index contributed by atoms with van der Waals surface area (Å²) in [7, 11) is 0. The van der Waals surface area contributed by atoms with Crippen LogP contribution in [0.5, 0.6) is 0 Å². The lowest BCUT2D eigenvalue weighted by atomic mass is 9.68. The van der Waals surface area contributed by atoms with E-state index >= 15 is 0 Å². The van der Waals surface area contributed by atoms with Crippen molar-refractivity contribution in [3.8, 4) is 0 Å². The average Bonchev–Trinajstić information content (AvgIpc) is 3.47. The molecule has 0 aliphatic heterocycles. The van der Waals surface area contributed by atoms with Gasteiger partial charge in [0, 0.05) is 0 Å². The van der Waals surface area contributed by atoms with Gasteiger partial charge < -0.3 is 0 Å². The standard InChI is InChI=1S/C42H56/c1-5-33-28-38(36-20-18-35(19-21-36)34-16-12-30(2)13-17-34)23-22-37(33)26-32-15-14-31(3)40(27-32)29-39-10-6-7-11-41(39)42(4)24-8-9-25-42/h6-7,10-11,14-15,22-23,27-28,30,34-36H,5,8-9,12-13,16-21,24-26,29H2,1-4H3. The van der Waals surface area contributed by atoms with Gasteiger partial charge in [-0.1, -0.05) is 107 Å². The summed E-state index contributed by atoms with van der Waals surface area (Å²) in [6, 6.07) is 24.1. The second-order valence-electron chi connectivity index (χ2n) is 15.1. The second-order valence-corrected chi connectivity index (χ2v) is 15.1. The van der Waals surface area contributed by atoms with Crippen LogP contribution < -0.4 is 0 Å². The van der Waals surface area contributed by atoms with E-state index in [9.17, 15) is 0 Å². The minimum Gasteiger partial charge on any atom is -0.0625 e. The Balaban J connectivity index is 1.14. The second kappa shape index (κ2) is 13.1. The van der Waals surface area contributed by atoms with Gasteiger partial charge in [-0.2, -0.15) is 0 Å². The molecule has 3 aromatic rings. The van der Waals surface area contributed by atoms with Crippen LogP contribution in [-0.2, 0) is 24.7 Å². The zero-order chi connectivity index (χ0) is 29.1. The zero-order valence-corrected chi connectivity index (χ0v) is 27.2. The highest BCUT2D eigenvalue weighted by Crippen LogP contribution is 2.45. The van der Waals surface area contributed by atoms with E-state index in [-0.39, 0.29) is 0 Å². The molecular formula is C42H56. The molecule has 0 heteroatoms. The highest BCUT2D eigenvalue weighted by molar-refractivity contribution is 5.43. The summed E-state index contributed by atoms with van der Waals surface area (Å²) in [4.78, 5) is 0. The fourth-order valence-electron chi connectivity index (χ4n) is 9.22. The predicted molar refractivity (Wildman–Crippen MR) is 181 cm³/mol. The number of hydrogen-bond acceptors (Lipinski definition) is 0. The molecule has 0 radical (unpaired) electrons. The van der Waals surface area contributed by atoms with Crippen molar-refractivity contribution in [1.29, 1.82) is 0 Å². The highest BCUT2D eigenvalue weighted by atomic mass is 14.4. The van der Waals surface area contributed by atoms with Gasteiger partial charge in [0.1, 0.15) is 0 Å². The summed E-state index contributed by atoms with van der Waals surface area (Å²) in [5.41, 5.74) is 12.6. The Morgan fingerprint density at radius 1 is 0.667 bits per heavy atom. The van der Waals surface area contributed by atoms with E-state index in [2.05, 4.69) is 88.4 Å². The molecule has 0 unspecified atom stereocenters. The van der Waals surface area contributed by atoms with Gasteiger partial charge in [0.05, 0.1) is 0 Å². The molecule has 0 nitrogen and oxygen atoms in total. The molecule has 3 fully saturated rings. The summed E-state index contributed by atoms with van der Waals surface area (Å²) >= 11 is 0. The van der Waals surface area contributed by atoms with E-state index in [0.29, 0.717) is 5.41 Å². The van der Waals surface area contributed by atoms with Gasteiger partial charge in [-0.3, -0.25) is 0 Å². The lowest BCUT2D eigenvalue weighted by Gasteiger charge is -2.37. The van der Waals surface area contributed by atoms with Crippen LogP contribution in [0.25, 0.3) is 0 Å². The van der Waals surface area contributed by atoms with Crippen LogP contribution in [0.4, 0.5) is 0 Å². The Labute approximate surface area is 257 Å². The molecule has 0 amide bonds. The Bertz CT molecular complexity index is 1320. The number of aryl methyl sites for hydroxylation is 2. The summed E-state index contributed by atoms with van der Waals surface area (Å²) in [6.45, 7) is 9.61. The van der Waals surface area contributed by atoms with E-state index in [0.717, 1.165) is 42.9 Å². The van der Waals surface area contributed by atoms with Crippen LogP contribution in [0.15, 0.2) is 60.7 Å². The molecular weight excluding hydrogens is 504 g/mol. The van der Waals surface area contributed by atoms with E-state index < -0.39 is 0 Å². The zero-order valence-electron chi connectivity index (χ0n) is 27.2. The van der Waals surface area contributed by atoms with Gasteiger partial charge >= 0.3 is 0 Å². The van der Waals surface area contributed by atoms with Gasteiger partial charge in [0.25, 0.3) is 0 Å². The first-order chi connectivity index (χ1) is 20.4. The van der Waals surface area contributed by atoms with Crippen LogP contribution in [0.2, 0.25) is 0 Å². The molecule has 0 spiro atoms. The lowest BCUT2D eigenvalue weighted by Crippen LogP contribution is -2.24.